The van der Waals surface area contributed by atoms with Gasteiger partial charge >= 0.3 is 5.69 Å². The van der Waals surface area contributed by atoms with Gasteiger partial charge in [-0.3, -0.25) is 10.1 Å². The topological polar surface area (TPSA) is 68.1 Å². The monoisotopic (exact) mass is 279 g/mol. The zero-order valence-corrected chi connectivity index (χ0v) is 10.3. The van der Waals surface area contributed by atoms with Crippen molar-refractivity contribution in [1.82, 2.24) is 4.98 Å². The van der Waals surface area contributed by atoms with E-state index in [-0.39, 0.29) is 18.1 Å². The molecular weight excluding hydrogens is 268 g/mol. The summed E-state index contributed by atoms with van der Waals surface area (Å²) in [5, 5.41) is 13.6. The third-order valence-corrected chi connectivity index (χ3v) is 2.61. The molecule has 0 fully saturated rings. The van der Waals surface area contributed by atoms with Crippen molar-refractivity contribution in [3.05, 3.63) is 63.8 Å². The van der Waals surface area contributed by atoms with Gasteiger partial charge in [-0.1, -0.05) is 0 Å². The molecule has 20 heavy (non-hydrogen) atoms. The maximum Gasteiger partial charge on any atom is 0.311 e. The molecule has 2 rings (SSSR count). The average Bonchev–Trinajstić information content (AvgIpc) is 2.38. The number of nitrogens with one attached hydrogen (secondary N) is 1. The predicted octanol–water partition coefficient (Wildman–Crippen LogP) is 2.92. The Hall–Kier alpha value is -2.57. The van der Waals surface area contributed by atoms with Crippen LogP contribution in [0.2, 0.25) is 0 Å². The summed E-state index contributed by atoms with van der Waals surface area (Å²) in [5.41, 5.74) is 0.325. The molecule has 7 heteroatoms. The molecule has 0 aliphatic rings. The molecule has 0 saturated carbocycles. The molecule has 0 radical (unpaired) electrons. The smallest absolute Gasteiger partial charge is 0.311 e. The van der Waals surface area contributed by atoms with Gasteiger partial charge in [-0.05, 0) is 30.2 Å². The fourth-order valence-corrected chi connectivity index (χ4v) is 1.76. The maximum absolute atomic E-state index is 13.0. The van der Waals surface area contributed by atoms with E-state index in [0.29, 0.717) is 12.0 Å². The first-order valence-electron chi connectivity index (χ1n) is 5.84. The van der Waals surface area contributed by atoms with Crippen LogP contribution in [0.3, 0.4) is 0 Å². The third-order valence-electron chi connectivity index (χ3n) is 2.61. The molecule has 0 aliphatic heterocycles. The lowest BCUT2D eigenvalue weighted by molar-refractivity contribution is -0.384. The van der Waals surface area contributed by atoms with Crippen LogP contribution >= 0.6 is 0 Å². The number of nitrogens with zero attached hydrogens (tertiary/aromatic N) is 2. The van der Waals surface area contributed by atoms with Crippen LogP contribution in [0.1, 0.15) is 5.56 Å². The minimum atomic E-state index is -0.649. The van der Waals surface area contributed by atoms with E-state index < -0.39 is 16.6 Å². The number of rotatable bonds is 5. The standard InChI is InChI=1S/C13H11F2N3O2/c14-10-6-9(7-11(15)8-10)3-5-17-13-12(18(19)20)2-1-4-16-13/h1-2,4,6-8H,3,5H2,(H,16,17). The molecule has 0 unspecified atom stereocenters. The third kappa shape index (κ3) is 3.47. The highest BCUT2D eigenvalue weighted by atomic mass is 19.1. The van der Waals surface area contributed by atoms with Crippen molar-refractivity contribution < 1.29 is 13.7 Å². The Labute approximate surface area is 113 Å². The quantitative estimate of drug-likeness (QED) is 0.675. The summed E-state index contributed by atoms with van der Waals surface area (Å²) in [6.07, 6.45) is 1.75. The number of anilines is 1. The molecule has 2 aromatic rings. The van der Waals surface area contributed by atoms with Crippen molar-refractivity contribution in [2.45, 2.75) is 6.42 Å². The number of benzene rings is 1. The van der Waals surface area contributed by atoms with Gasteiger partial charge in [0.25, 0.3) is 0 Å². The highest BCUT2D eigenvalue weighted by molar-refractivity contribution is 5.55. The first-order valence-corrected chi connectivity index (χ1v) is 5.84. The van der Waals surface area contributed by atoms with Gasteiger partial charge in [0, 0.05) is 24.9 Å². The van der Waals surface area contributed by atoms with Gasteiger partial charge in [0.1, 0.15) is 11.6 Å². The van der Waals surface area contributed by atoms with Gasteiger partial charge in [-0.15, -0.1) is 0 Å². The lowest BCUT2D eigenvalue weighted by Crippen LogP contribution is -2.08. The highest BCUT2D eigenvalue weighted by Gasteiger charge is 2.13. The Balaban J connectivity index is 2.01. The Kier molecular flexibility index (Phi) is 4.19. The van der Waals surface area contributed by atoms with E-state index in [1.54, 1.807) is 0 Å². The van der Waals surface area contributed by atoms with E-state index in [4.69, 9.17) is 0 Å². The molecule has 0 spiro atoms. The van der Waals surface area contributed by atoms with Crippen molar-refractivity contribution in [3.63, 3.8) is 0 Å². The number of aromatic nitrogens is 1. The largest absolute Gasteiger partial charge is 0.364 e. The molecule has 1 aromatic heterocycles. The molecule has 1 aromatic carbocycles. The molecule has 104 valence electrons. The van der Waals surface area contributed by atoms with Gasteiger partial charge in [-0.2, -0.15) is 0 Å². The van der Waals surface area contributed by atoms with Crippen LogP contribution in [0.15, 0.2) is 36.5 Å². The van der Waals surface area contributed by atoms with E-state index in [1.165, 1.54) is 30.5 Å². The fourth-order valence-electron chi connectivity index (χ4n) is 1.76. The summed E-state index contributed by atoms with van der Waals surface area (Å²) in [5.74, 6) is -1.16. The second-order valence-electron chi connectivity index (χ2n) is 4.08. The van der Waals surface area contributed by atoms with E-state index in [0.717, 1.165) is 6.07 Å². The van der Waals surface area contributed by atoms with Crippen molar-refractivity contribution in [3.8, 4) is 0 Å². The maximum atomic E-state index is 13.0. The van der Waals surface area contributed by atoms with E-state index in [9.17, 15) is 18.9 Å². The van der Waals surface area contributed by atoms with Crippen LogP contribution in [0.5, 0.6) is 0 Å². The number of hydrogen-bond donors (Lipinski definition) is 1. The van der Waals surface area contributed by atoms with E-state index >= 15 is 0 Å². The van der Waals surface area contributed by atoms with Crippen molar-refractivity contribution in [2.75, 3.05) is 11.9 Å². The summed E-state index contributed by atoms with van der Waals surface area (Å²) >= 11 is 0. The van der Waals surface area contributed by atoms with Gasteiger partial charge in [0.05, 0.1) is 4.92 Å². The van der Waals surface area contributed by atoms with E-state index in [1.807, 2.05) is 0 Å². The highest BCUT2D eigenvalue weighted by Crippen LogP contribution is 2.20. The Morgan fingerprint density at radius 3 is 2.60 bits per heavy atom. The normalized spacial score (nSPS) is 10.3. The second-order valence-corrected chi connectivity index (χ2v) is 4.08. The molecule has 0 atom stereocenters. The molecule has 0 saturated heterocycles. The van der Waals surface area contributed by atoms with Gasteiger partial charge < -0.3 is 5.32 Å². The Bertz CT molecular complexity index is 615. The van der Waals surface area contributed by atoms with E-state index in [2.05, 4.69) is 10.3 Å². The van der Waals surface area contributed by atoms with Crippen molar-refractivity contribution >= 4 is 11.5 Å². The molecule has 1 N–H and O–H groups in total. The SMILES string of the molecule is O=[N+]([O-])c1cccnc1NCCc1cc(F)cc(F)c1. The zero-order chi connectivity index (χ0) is 14.5. The number of nitro groups is 1. The van der Waals surface area contributed by atoms with Gasteiger partial charge in [-0.25, -0.2) is 13.8 Å². The molecule has 0 aliphatic carbocycles. The van der Waals surface area contributed by atoms with Crippen LogP contribution in [0.4, 0.5) is 20.3 Å². The minimum Gasteiger partial charge on any atom is -0.364 e. The summed E-state index contributed by atoms with van der Waals surface area (Å²) < 4.78 is 26.0. The van der Waals surface area contributed by atoms with Gasteiger partial charge in [0.15, 0.2) is 0 Å². The van der Waals surface area contributed by atoms with Gasteiger partial charge in [0.2, 0.25) is 5.82 Å². The minimum absolute atomic E-state index is 0.134. The summed E-state index contributed by atoms with van der Waals surface area (Å²) in [6, 6.07) is 6.03. The number of hydrogen-bond acceptors (Lipinski definition) is 4. The lowest BCUT2D eigenvalue weighted by Gasteiger charge is -2.06. The van der Waals surface area contributed by atoms with Crippen LogP contribution in [0, 0.1) is 21.7 Å². The molecule has 1 heterocycles. The zero-order valence-electron chi connectivity index (χ0n) is 10.3. The first-order chi connectivity index (χ1) is 9.56. The second kappa shape index (κ2) is 6.05. The Morgan fingerprint density at radius 1 is 1.25 bits per heavy atom. The summed E-state index contributed by atoms with van der Waals surface area (Å²) in [7, 11) is 0. The average molecular weight is 279 g/mol. The van der Waals surface area contributed by atoms with Crippen LogP contribution < -0.4 is 5.32 Å². The van der Waals surface area contributed by atoms with Crippen LogP contribution in [-0.2, 0) is 6.42 Å². The number of halogens is 2. The van der Waals surface area contributed by atoms with Crippen molar-refractivity contribution in [1.29, 1.82) is 0 Å². The Morgan fingerprint density at radius 2 is 1.95 bits per heavy atom. The summed E-state index contributed by atoms with van der Waals surface area (Å²) in [6.45, 7) is 0.279. The van der Waals surface area contributed by atoms with Crippen molar-refractivity contribution in [2.24, 2.45) is 0 Å². The predicted molar refractivity (Wildman–Crippen MR) is 69.4 cm³/mol. The molecule has 0 amide bonds. The first kappa shape index (κ1) is 13.9. The number of pyridine rings is 1. The van der Waals surface area contributed by atoms with Crippen LogP contribution in [0.25, 0.3) is 0 Å². The summed E-state index contributed by atoms with van der Waals surface area (Å²) in [4.78, 5) is 14.1. The molecule has 0 bridgehead atoms. The fraction of sp³-hybridized carbons (Fsp3) is 0.154. The van der Waals surface area contributed by atoms with Crippen LogP contribution in [-0.4, -0.2) is 16.5 Å². The molecule has 5 nitrogen and oxygen atoms in total. The lowest BCUT2D eigenvalue weighted by atomic mass is 10.1. The molecular formula is C13H11F2N3O2.